The number of aliphatic hydroxyl groups is 1. The van der Waals surface area contributed by atoms with Crippen LogP contribution in [0.25, 0.3) is 0 Å². The molecule has 1 aromatic carbocycles. The zero-order chi connectivity index (χ0) is 23.7. The molecule has 6 nitrogen and oxygen atoms in total. The summed E-state index contributed by atoms with van der Waals surface area (Å²) in [5.74, 6) is -2.25. The average molecular weight is 456 g/mol. The number of rotatable bonds is 9. The van der Waals surface area contributed by atoms with Crippen LogP contribution in [-0.2, 0) is 16.0 Å². The minimum atomic E-state index is -4.97. The lowest BCUT2D eigenvalue weighted by Gasteiger charge is -2.35. The van der Waals surface area contributed by atoms with Gasteiger partial charge in [0.15, 0.2) is 0 Å². The standard InChI is InChI=1S/C23H32F3N3O3/c1-16(27)21(31)28-18(10-9-17-6-3-2-4-7-17)8-5-15-29(22(32)23(24,25)26)19-11-13-20(30)14-12-19/h2-8,16,18-20,30H,9-15,27H2,1H3,(H,28,31)/b8-5+/t16-,18+,19?,20?/m0/s1. The second kappa shape index (κ2) is 12.0. The van der Waals surface area contributed by atoms with E-state index in [2.05, 4.69) is 5.32 Å². The van der Waals surface area contributed by atoms with E-state index in [4.69, 9.17) is 5.73 Å². The molecule has 0 aliphatic heterocycles. The van der Waals surface area contributed by atoms with E-state index in [0.29, 0.717) is 38.5 Å². The first-order valence-electron chi connectivity index (χ1n) is 10.9. The number of aryl methyl sites for hydroxylation is 1. The van der Waals surface area contributed by atoms with Crippen LogP contribution in [0.4, 0.5) is 13.2 Å². The summed E-state index contributed by atoms with van der Waals surface area (Å²) in [6.07, 6.45) is 0.137. The van der Waals surface area contributed by atoms with Gasteiger partial charge < -0.3 is 21.1 Å². The van der Waals surface area contributed by atoms with Crippen molar-refractivity contribution in [2.24, 2.45) is 5.73 Å². The summed E-state index contributed by atoms with van der Waals surface area (Å²) in [6, 6.07) is 7.87. The molecule has 0 unspecified atom stereocenters. The molecule has 1 aliphatic carbocycles. The number of carbonyl (C=O) groups excluding carboxylic acids is 2. The number of hydrogen-bond donors (Lipinski definition) is 3. The molecule has 2 amide bonds. The summed E-state index contributed by atoms with van der Waals surface area (Å²) in [6.45, 7) is 1.32. The Labute approximate surface area is 186 Å². The van der Waals surface area contributed by atoms with Gasteiger partial charge >= 0.3 is 12.1 Å². The Morgan fingerprint density at radius 3 is 2.41 bits per heavy atom. The van der Waals surface area contributed by atoms with Gasteiger partial charge in [-0.25, -0.2) is 0 Å². The number of benzene rings is 1. The number of nitrogens with one attached hydrogen (secondary N) is 1. The van der Waals surface area contributed by atoms with Crippen LogP contribution < -0.4 is 11.1 Å². The Bertz CT molecular complexity index is 761. The summed E-state index contributed by atoms with van der Waals surface area (Å²) < 4.78 is 39.5. The smallest absolute Gasteiger partial charge is 0.393 e. The van der Waals surface area contributed by atoms with E-state index in [9.17, 15) is 27.9 Å². The van der Waals surface area contributed by atoms with Gasteiger partial charge in [-0.1, -0.05) is 42.5 Å². The Kier molecular flexibility index (Phi) is 9.71. The predicted molar refractivity (Wildman–Crippen MR) is 116 cm³/mol. The van der Waals surface area contributed by atoms with E-state index in [1.165, 1.54) is 6.08 Å². The van der Waals surface area contributed by atoms with E-state index in [1.54, 1.807) is 13.0 Å². The predicted octanol–water partition coefficient (Wildman–Crippen LogP) is 2.70. The van der Waals surface area contributed by atoms with Gasteiger partial charge in [0.05, 0.1) is 12.1 Å². The molecule has 0 radical (unpaired) electrons. The monoisotopic (exact) mass is 455 g/mol. The summed E-state index contributed by atoms with van der Waals surface area (Å²) >= 11 is 0. The van der Waals surface area contributed by atoms with Crippen LogP contribution in [-0.4, -0.2) is 58.8 Å². The lowest BCUT2D eigenvalue weighted by Crippen LogP contribution is -2.49. The third-order valence-corrected chi connectivity index (χ3v) is 5.61. The largest absolute Gasteiger partial charge is 0.471 e. The van der Waals surface area contributed by atoms with Gasteiger partial charge in [-0.2, -0.15) is 13.2 Å². The molecule has 0 aromatic heterocycles. The average Bonchev–Trinajstić information content (AvgIpc) is 2.75. The quantitative estimate of drug-likeness (QED) is 0.499. The molecule has 32 heavy (non-hydrogen) atoms. The third kappa shape index (κ3) is 8.27. The van der Waals surface area contributed by atoms with Crippen molar-refractivity contribution in [3.63, 3.8) is 0 Å². The lowest BCUT2D eigenvalue weighted by atomic mass is 9.92. The van der Waals surface area contributed by atoms with Crippen molar-refractivity contribution in [2.45, 2.75) is 75.9 Å². The normalized spacial score (nSPS) is 21.2. The van der Waals surface area contributed by atoms with Crippen LogP contribution in [0.15, 0.2) is 42.5 Å². The molecule has 0 saturated heterocycles. The molecule has 1 saturated carbocycles. The molecule has 0 bridgehead atoms. The number of halogens is 3. The second-order valence-electron chi connectivity index (χ2n) is 8.27. The van der Waals surface area contributed by atoms with E-state index >= 15 is 0 Å². The van der Waals surface area contributed by atoms with E-state index in [1.807, 2.05) is 30.3 Å². The van der Waals surface area contributed by atoms with Crippen LogP contribution in [0, 0.1) is 0 Å². The highest BCUT2D eigenvalue weighted by molar-refractivity contribution is 5.82. The van der Waals surface area contributed by atoms with Gasteiger partial charge in [0.1, 0.15) is 0 Å². The number of nitrogens with zero attached hydrogens (tertiary/aromatic N) is 1. The van der Waals surface area contributed by atoms with Crippen LogP contribution in [0.5, 0.6) is 0 Å². The van der Waals surface area contributed by atoms with Gasteiger partial charge in [-0.05, 0) is 51.0 Å². The second-order valence-corrected chi connectivity index (χ2v) is 8.27. The number of hydrogen-bond acceptors (Lipinski definition) is 4. The van der Waals surface area contributed by atoms with Crippen LogP contribution in [0.1, 0.15) is 44.6 Å². The Balaban J connectivity index is 2.09. The summed E-state index contributed by atoms with van der Waals surface area (Å²) in [7, 11) is 0. The van der Waals surface area contributed by atoms with Gasteiger partial charge in [0, 0.05) is 18.6 Å². The van der Waals surface area contributed by atoms with Crippen molar-refractivity contribution in [1.29, 1.82) is 0 Å². The fourth-order valence-corrected chi connectivity index (χ4v) is 3.77. The molecule has 0 spiro atoms. The van der Waals surface area contributed by atoms with Gasteiger partial charge in [0.2, 0.25) is 5.91 Å². The molecule has 2 rings (SSSR count). The first-order valence-corrected chi connectivity index (χ1v) is 10.9. The van der Waals surface area contributed by atoms with Crippen molar-refractivity contribution in [1.82, 2.24) is 10.2 Å². The van der Waals surface area contributed by atoms with Crippen molar-refractivity contribution < 1.29 is 27.9 Å². The first-order chi connectivity index (χ1) is 15.1. The van der Waals surface area contributed by atoms with E-state index in [-0.39, 0.29) is 12.5 Å². The minimum absolute atomic E-state index is 0.227. The molecule has 178 valence electrons. The fraction of sp³-hybridized carbons (Fsp3) is 0.565. The maximum atomic E-state index is 13.2. The van der Waals surface area contributed by atoms with Gasteiger partial charge in [-0.3, -0.25) is 9.59 Å². The van der Waals surface area contributed by atoms with Crippen molar-refractivity contribution in [3.8, 4) is 0 Å². The molecular formula is C23H32F3N3O3. The van der Waals surface area contributed by atoms with Crippen LogP contribution in [0.3, 0.4) is 0 Å². The maximum absolute atomic E-state index is 13.2. The summed E-state index contributed by atoms with van der Waals surface area (Å²) in [4.78, 5) is 24.9. The zero-order valence-corrected chi connectivity index (χ0v) is 18.2. The lowest BCUT2D eigenvalue weighted by molar-refractivity contribution is -0.188. The Hall–Kier alpha value is -2.39. The Morgan fingerprint density at radius 1 is 1.22 bits per heavy atom. The third-order valence-electron chi connectivity index (χ3n) is 5.61. The summed E-state index contributed by atoms with van der Waals surface area (Å²) in [5.41, 5.74) is 6.70. The maximum Gasteiger partial charge on any atom is 0.471 e. The van der Waals surface area contributed by atoms with Gasteiger partial charge in [0.25, 0.3) is 0 Å². The molecule has 4 N–H and O–H groups in total. The molecule has 0 heterocycles. The highest BCUT2D eigenvalue weighted by Gasteiger charge is 2.44. The molecule has 9 heteroatoms. The molecular weight excluding hydrogens is 423 g/mol. The summed E-state index contributed by atoms with van der Waals surface area (Å²) in [5, 5.41) is 12.4. The number of nitrogens with two attached hydrogens (primary N) is 1. The van der Waals surface area contributed by atoms with E-state index in [0.717, 1.165) is 10.5 Å². The molecule has 1 fully saturated rings. The Morgan fingerprint density at radius 2 is 1.84 bits per heavy atom. The molecule has 1 aliphatic rings. The molecule has 1 aromatic rings. The highest BCUT2D eigenvalue weighted by atomic mass is 19.4. The number of alkyl halides is 3. The number of amides is 2. The fourth-order valence-electron chi connectivity index (χ4n) is 3.77. The van der Waals surface area contributed by atoms with Gasteiger partial charge in [-0.15, -0.1) is 0 Å². The molecule has 2 atom stereocenters. The number of carbonyl (C=O) groups is 2. The topological polar surface area (TPSA) is 95.7 Å². The van der Waals surface area contributed by atoms with Crippen molar-refractivity contribution in [2.75, 3.05) is 6.54 Å². The zero-order valence-electron chi connectivity index (χ0n) is 18.2. The van der Waals surface area contributed by atoms with E-state index < -0.39 is 36.3 Å². The van der Waals surface area contributed by atoms with Crippen molar-refractivity contribution >= 4 is 11.8 Å². The van der Waals surface area contributed by atoms with Crippen LogP contribution >= 0.6 is 0 Å². The SMILES string of the molecule is C[C@H](N)C(=O)N[C@H](/C=C/CN(C(=O)C(F)(F)F)C1CCC(O)CC1)CCc1ccccc1. The number of aliphatic hydroxyl groups excluding tert-OH is 1. The highest BCUT2D eigenvalue weighted by Crippen LogP contribution is 2.27. The first kappa shape index (κ1) is 25.9. The van der Waals surface area contributed by atoms with Crippen LogP contribution in [0.2, 0.25) is 0 Å². The van der Waals surface area contributed by atoms with Crippen molar-refractivity contribution in [3.05, 3.63) is 48.0 Å². The minimum Gasteiger partial charge on any atom is -0.393 e.